The van der Waals surface area contributed by atoms with E-state index in [1.165, 1.54) is 64.2 Å². The molecule has 1 unspecified atom stereocenters. The van der Waals surface area contributed by atoms with E-state index in [-0.39, 0.29) is 11.6 Å². The normalized spacial score (nSPS) is 22.1. The van der Waals surface area contributed by atoms with Gasteiger partial charge in [-0.15, -0.1) is 0 Å². The molecule has 1 saturated carbocycles. The van der Waals surface area contributed by atoms with Gasteiger partial charge in [-0.1, -0.05) is 58.3 Å². The Hall–Kier alpha value is -0.0800. The third kappa shape index (κ3) is 4.59. The molecular formula is C15H31NO. The second-order valence-corrected chi connectivity index (χ2v) is 5.64. The maximum Gasteiger partial charge on any atom is 0.0828 e. The summed E-state index contributed by atoms with van der Waals surface area (Å²) in [6.07, 6.45) is 14.0. The minimum atomic E-state index is -0.0112. The van der Waals surface area contributed by atoms with Gasteiger partial charge < -0.3 is 10.5 Å². The van der Waals surface area contributed by atoms with Gasteiger partial charge in [0.15, 0.2) is 0 Å². The van der Waals surface area contributed by atoms with Crippen LogP contribution >= 0.6 is 0 Å². The molecule has 0 aromatic heterocycles. The van der Waals surface area contributed by atoms with Crippen molar-refractivity contribution in [3.8, 4) is 0 Å². The molecule has 2 heteroatoms. The highest BCUT2D eigenvalue weighted by Gasteiger charge is 2.36. The number of ether oxygens (including phenoxy) is 1. The lowest BCUT2D eigenvalue weighted by Gasteiger charge is -2.37. The van der Waals surface area contributed by atoms with Crippen molar-refractivity contribution < 1.29 is 4.74 Å². The summed E-state index contributed by atoms with van der Waals surface area (Å²) in [6.45, 7) is 2.25. The van der Waals surface area contributed by atoms with Crippen LogP contribution in [0.5, 0.6) is 0 Å². The van der Waals surface area contributed by atoms with Crippen LogP contribution in [0, 0.1) is 0 Å². The highest BCUT2D eigenvalue weighted by atomic mass is 16.5. The minimum absolute atomic E-state index is 0.0112. The molecule has 0 aromatic carbocycles. The first-order valence-electron chi connectivity index (χ1n) is 7.56. The van der Waals surface area contributed by atoms with E-state index in [2.05, 4.69) is 6.92 Å². The molecule has 0 heterocycles. The number of nitrogens with two attached hydrogens (primary N) is 1. The predicted molar refractivity (Wildman–Crippen MR) is 74.2 cm³/mol. The third-order valence-electron chi connectivity index (χ3n) is 4.40. The van der Waals surface area contributed by atoms with Gasteiger partial charge in [-0.25, -0.2) is 0 Å². The van der Waals surface area contributed by atoms with Gasteiger partial charge in [0.2, 0.25) is 0 Å². The summed E-state index contributed by atoms with van der Waals surface area (Å²) in [5.74, 6) is 0. The molecule has 1 atom stereocenters. The molecule has 102 valence electrons. The monoisotopic (exact) mass is 241 g/mol. The fourth-order valence-electron chi connectivity index (χ4n) is 3.11. The molecule has 0 spiro atoms. The molecule has 0 aromatic rings. The first-order valence-corrected chi connectivity index (χ1v) is 7.56. The van der Waals surface area contributed by atoms with Gasteiger partial charge in [-0.3, -0.25) is 0 Å². The summed E-state index contributed by atoms with van der Waals surface area (Å²) in [5.41, 5.74) is 6.41. The molecule has 0 amide bonds. The number of methoxy groups -OCH3 is 1. The van der Waals surface area contributed by atoms with Gasteiger partial charge in [0.25, 0.3) is 0 Å². The molecule has 2 nitrogen and oxygen atoms in total. The number of rotatable bonds is 7. The minimum Gasteiger partial charge on any atom is -0.377 e. The highest BCUT2D eigenvalue weighted by Crippen LogP contribution is 2.33. The van der Waals surface area contributed by atoms with Crippen molar-refractivity contribution in [2.24, 2.45) is 5.73 Å². The lowest BCUT2D eigenvalue weighted by atomic mass is 9.84. The topological polar surface area (TPSA) is 35.2 Å². The Labute approximate surface area is 107 Å². The average Bonchev–Trinajstić information content (AvgIpc) is 2.60. The Kier molecular flexibility index (Phi) is 7.14. The van der Waals surface area contributed by atoms with E-state index >= 15 is 0 Å². The van der Waals surface area contributed by atoms with E-state index in [9.17, 15) is 0 Å². The molecule has 1 fully saturated rings. The van der Waals surface area contributed by atoms with Gasteiger partial charge in [0, 0.05) is 13.2 Å². The third-order valence-corrected chi connectivity index (χ3v) is 4.40. The summed E-state index contributed by atoms with van der Waals surface area (Å²) in [5, 5.41) is 0. The molecule has 17 heavy (non-hydrogen) atoms. The molecule has 1 rings (SSSR count). The van der Waals surface area contributed by atoms with Crippen LogP contribution in [0.2, 0.25) is 0 Å². The molecule has 0 aliphatic heterocycles. The largest absolute Gasteiger partial charge is 0.377 e. The van der Waals surface area contributed by atoms with Crippen LogP contribution < -0.4 is 5.73 Å². The highest BCUT2D eigenvalue weighted by molar-refractivity contribution is 4.92. The molecule has 2 N–H and O–H groups in total. The lowest BCUT2D eigenvalue weighted by molar-refractivity contribution is -0.0454. The Balaban J connectivity index is 2.40. The molecular weight excluding hydrogens is 210 g/mol. The van der Waals surface area contributed by atoms with Gasteiger partial charge in [-0.05, 0) is 19.3 Å². The van der Waals surface area contributed by atoms with Crippen LogP contribution in [-0.4, -0.2) is 18.8 Å². The van der Waals surface area contributed by atoms with E-state index in [1.807, 2.05) is 7.11 Å². The Morgan fingerprint density at radius 2 is 1.71 bits per heavy atom. The molecule has 1 aliphatic rings. The molecule has 1 aliphatic carbocycles. The van der Waals surface area contributed by atoms with E-state index in [4.69, 9.17) is 10.5 Å². The quantitative estimate of drug-likeness (QED) is 0.539. The SMILES string of the molecule is CCCCCCC(N)C1(OC)CCCCCC1. The van der Waals surface area contributed by atoms with E-state index in [1.54, 1.807) is 0 Å². The van der Waals surface area contributed by atoms with Gasteiger partial charge in [-0.2, -0.15) is 0 Å². The summed E-state index contributed by atoms with van der Waals surface area (Å²) in [6, 6.07) is 0.238. The van der Waals surface area contributed by atoms with Crippen molar-refractivity contribution in [2.75, 3.05) is 7.11 Å². The van der Waals surface area contributed by atoms with E-state index in [0.29, 0.717) is 0 Å². The van der Waals surface area contributed by atoms with Crippen LogP contribution in [0.3, 0.4) is 0 Å². The van der Waals surface area contributed by atoms with Crippen LogP contribution in [0.1, 0.15) is 77.6 Å². The predicted octanol–water partition coefficient (Wildman–Crippen LogP) is 4.02. The number of hydrogen-bond donors (Lipinski definition) is 1. The van der Waals surface area contributed by atoms with Crippen molar-refractivity contribution in [1.82, 2.24) is 0 Å². The summed E-state index contributed by atoms with van der Waals surface area (Å²) in [4.78, 5) is 0. The standard InChI is InChI=1S/C15H31NO/c1-3-4-5-8-11-14(16)15(17-2)12-9-6-7-10-13-15/h14H,3-13,16H2,1-2H3. The van der Waals surface area contributed by atoms with Crippen LogP contribution in [0.4, 0.5) is 0 Å². The van der Waals surface area contributed by atoms with Crippen molar-refractivity contribution in [3.63, 3.8) is 0 Å². The first-order chi connectivity index (χ1) is 8.25. The lowest BCUT2D eigenvalue weighted by Crippen LogP contribution is -2.49. The first kappa shape index (κ1) is 15.0. The van der Waals surface area contributed by atoms with Crippen LogP contribution in [0.15, 0.2) is 0 Å². The smallest absolute Gasteiger partial charge is 0.0828 e. The van der Waals surface area contributed by atoms with Gasteiger partial charge in [0.1, 0.15) is 0 Å². The summed E-state index contributed by atoms with van der Waals surface area (Å²) < 4.78 is 5.85. The van der Waals surface area contributed by atoms with E-state index < -0.39 is 0 Å². The van der Waals surface area contributed by atoms with Gasteiger partial charge in [0.05, 0.1) is 5.60 Å². The number of hydrogen-bond acceptors (Lipinski definition) is 2. The van der Waals surface area contributed by atoms with Gasteiger partial charge >= 0.3 is 0 Å². The van der Waals surface area contributed by atoms with E-state index in [0.717, 1.165) is 6.42 Å². The fraction of sp³-hybridized carbons (Fsp3) is 1.00. The maximum absolute atomic E-state index is 6.42. The Morgan fingerprint density at radius 1 is 1.06 bits per heavy atom. The zero-order chi connectivity index (χ0) is 12.6. The van der Waals surface area contributed by atoms with Crippen LogP contribution in [-0.2, 0) is 4.74 Å². The second kappa shape index (κ2) is 8.10. The van der Waals surface area contributed by atoms with Crippen molar-refractivity contribution >= 4 is 0 Å². The molecule has 0 radical (unpaired) electrons. The Morgan fingerprint density at radius 3 is 2.24 bits per heavy atom. The second-order valence-electron chi connectivity index (χ2n) is 5.64. The fourth-order valence-corrected chi connectivity index (χ4v) is 3.11. The molecule has 0 saturated heterocycles. The van der Waals surface area contributed by atoms with Crippen molar-refractivity contribution in [3.05, 3.63) is 0 Å². The maximum atomic E-state index is 6.42. The van der Waals surface area contributed by atoms with Crippen molar-refractivity contribution in [1.29, 1.82) is 0 Å². The number of unbranched alkanes of at least 4 members (excludes halogenated alkanes) is 3. The average molecular weight is 241 g/mol. The summed E-state index contributed by atoms with van der Waals surface area (Å²) >= 11 is 0. The van der Waals surface area contributed by atoms with Crippen LogP contribution in [0.25, 0.3) is 0 Å². The Bertz CT molecular complexity index is 185. The zero-order valence-corrected chi connectivity index (χ0v) is 11.8. The molecule has 0 bridgehead atoms. The van der Waals surface area contributed by atoms with Crippen molar-refractivity contribution in [2.45, 2.75) is 89.2 Å². The summed E-state index contributed by atoms with van der Waals surface area (Å²) in [7, 11) is 1.86. The zero-order valence-electron chi connectivity index (χ0n) is 11.8.